The summed E-state index contributed by atoms with van der Waals surface area (Å²) in [6.07, 6.45) is 0. The summed E-state index contributed by atoms with van der Waals surface area (Å²) in [5, 5.41) is 0. The minimum Gasteiger partial charge on any atom is -0.302 e. The van der Waals surface area contributed by atoms with E-state index in [1.165, 1.54) is 13.1 Å². The molecule has 0 aliphatic carbocycles. The molecular weight excluding hydrogens is 142 g/mol. The molecule has 1 fully saturated rings. The second-order valence-corrected chi connectivity index (χ2v) is 3.88. The van der Waals surface area contributed by atoms with Gasteiger partial charge in [0.15, 0.2) is 0 Å². The van der Waals surface area contributed by atoms with Crippen molar-refractivity contribution in [2.24, 2.45) is 11.8 Å². The summed E-state index contributed by atoms with van der Waals surface area (Å²) in [6.45, 7) is 8.40. The maximum Gasteiger partial charge on any atom is 0.00701 e. The fraction of sp³-hybridized carbons (Fsp3) is 1.00. The summed E-state index contributed by atoms with van der Waals surface area (Å²) in [6, 6.07) is 0. The summed E-state index contributed by atoms with van der Waals surface area (Å²) in [4.78, 5) is 2.50. The minimum absolute atomic E-state index is 0.889. The Balaban J connectivity index is 2.27. The lowest BCUT2D eigenvalue weighted by atomic mass is 10.0. The first-order chi connectivity index (χ1) is 4.74. The lowest BCUT2D eigenvalue weighted by Crippen LogP contribution is -2.22. The number of hydrogen-bond donors (Lipinski definition) is 1. The van der Waals surface area contributed by atoms with E-state index in [2.05, 4.69) is 31.4 Å². The van der Waals surface area contributed by atoms with E-state index in [-0.39, 0.29) is 0 Å². The van der Waals surface area contributed by atoms with Crippen molar-refractivity contribution in [3.8, 4) is 0 Å². The van der Waals surface area contributed by atoms with Gasteiger partial charge in [-0.2, -0.15) is 12.6 Å². The van der Waals surface area contributed by atoms with Gasteiger partial charge < -0.3 is 4.90 Å². The zero-order valence-corrected chi connectivity index (χ0v) is 7.77. The van der Waals surface area contributed by atoms with Gasteiger partial charge in [-0.25, -0.2) is 0 Å². The Morgan fingerprint density at radius 3 is 2.20 bits per heavy atom. The van der Waals surface area contributed by atoms with Crippen LogP contribution in [0.25, 0.3) is 0 Å². The number of nitrogens with zero attached hydrogens (tertiary/aromatic N) is 1. The Labute approximate surface area is 69.2 Å². The van der Waals surface area contributed by atoms with Crippen molar-refractivity contribution in [2.45, 2.75) is 13.8 Å². The van der Waals surface area contributed by atoms with E-state index >= 15 is 0 Å². The maximum absolute atomic E-state index is 4.21. The van der Waals surface area contributed by atoms with Gasteiger partial charge in [0.2, 0.25) is 0 Å². The van der Waals surface area contributed by atoms with E-state index in [9.17, 15) is 0 Å². The van der Waals surface area contributed by atoms with Crippen LogP contribution in [-0.2, 0) is 0 Å². The Hall–Kier alpha value is 0.310. The van der Waals surface area contributed by atoms with Gasteiger partial charge in [-0.15, -0.1) is 0 Å². The maximum atomic E-state index is 4.21. The first-order valence-corrected chi connectivity index (χ1v) is 4.70. The molecule has 1 heterocycles. The summed E-state index contributed by atoms with van der Waals surface area (Å²) >= 11 is 4.21. The van der Waals surface area contributed by atoms with Crippen molar-refractivity contribution in [1.29, 1.82) is 0 Å². The van der Waals surface area contributed by atoms with E-state index in [1.807, 2.05) is 0 Å². The Morgan fingerprint density at radius 1 is 1.30 bits per heavy atom. The molecule has 0 aromatic carbocycles. The van der Waals surface area contributed by atoms with Crippen LogP contribution in [0.1, 0.15) is 13.8 Å². The number of likely N-dealkylation sites (tertiary alicyclic amines) is 1. The van der Waals surface area contributed by atoms with Crippen molar-refractivity contribution in [2.75, 3.05) is 25.4 Å². The highest BCUT2D eigenvalue weighted by Crippen LogP contribution is 2.21. The molecule has 2 atom stereocenters. The van der Waals surface area contributed by atoms with Gasteiger partial charge in [-0.3, -0.25) is 0 Å². The molecule has 0 N–H and O–H groups in total. The third-order valence-electron chi connectivity index (χ3n) is 2.48. The monoisotopic (exact) mass is 159 g/mol. The van der Waals surface area contributed by atoms with Gasteiger partial charge in [-0.1, -0.05) is 13.8 Å². The SMILES string of the molecule is CC1CN(CCS)CC1C. The van der Waals surface area contributed by atoms with Crippen LogP contribution in [0.5, 0.6) is 0 Å². The topological polar surface area (TPSA) is 3.24 Å². The van der Waals surface area contributed by atoms with Crippen LogP contribution < -0.4 is 0 Å². The largest absolute Gasteiger partial charge is 0.302 e. The zero-order chi connectivity index (χ0) is 7.56. The van der Waals surface area contributed by atoms with E-state index < -0.39 is 0 Å². The van der Waals surface area contributed by atoms with Gasteiger partial charge in [-0.05, 0) is 11.8 Å². The summed E-state index contributed by atoms with van der Waals surface area (Å²) in [7, 11) is 0. The molecule has 0 bridgehead atoms. The van der Waals surface area contributed by atoms with Gasteiger partial charge in [0, 0.05) is 25.4 Å². The summed E-state index contributed by atoms with van der Waals surface area (Å²) in [5.41, 5.74) is 0. The van der Waals surface area contributed by atoms with Gasteiger partial charge in [0.25, 0.3) is 0 Å². The Kier molecular flexibility index (Phi) is 3.05. The first-order valence-electron chi connectivity index (χ1n) is 4.07. The van der Waals surface area contributed by atoms with Crippen LogP contribution >= 0.6 is 12.6 Å². The molecule has 0 amide bonds. The fourth-order valence-corrected chi connectivity index (χ4v) is 1.86. The van der Waals surface area contributed by atoms with Gasteiger partial charge in [0.1, 0.15) is 0 Å². The molecule has 1 saturated heterocycles. The molecule has 10 heavy (non-hydrogen) atoms. The Morgan fingerprint density at radius 2 is 1.80 bits per heavy atom. The predicted octanol–water partition coefficient (Wildman–Crippen LogP) is 1.50. The van der Waals surface area contributed by atoms with Crippen LogP contribution in [0.3, 0.4) is 0 Å². The van der Waals surface area contributed by atoms with E-state index in [1.54, 1.807) is 0 Å². The predicted molar refractivity (Wildman–Crippen MR) is 48.6 cm³/mol. The first kappa shape index (κ1) is 8.41. The van der Waals surface area contributed by atoms with Gasteiger partial charge in [0.05, 0.1) is 0 Å². The van der Waals surface area contributed by atoms with Crippen LogP contribution in [0.2, 0.25) is 0 Å². The second kappa shape index (κ2) is 3.63. The molecule has 1 aliphatic heterocycles. The van der Waals surface area contributed by atoms with Crippen LogP contribution in [-0.4, -0.2) is 30.3 Å². The minimum atomic E-state index is 0.889. The summed E-state index contributed by atoms with van der Waals surface area (Å²) < 4.78 is 0. The van der Waals surface area contributed by atoms with Crippen molar-refractivity contribution >= 4 is 12.6 Å². The molecule has 0 spiro atoms. The van der Waals surface area contributed by atoms with E-state index in [0.717, 1.165) is 24.1 Å². The van der Waals surface area contributed by atoms with Crippen molar-refractivity contribution in [3.05, 3.63) is 0 Å². The molecule has 1 aliphatic rings. The quantitative estimate of drug-likeness (QED) is 0.598. The molecule has 1 rings (SSSR count). The number of thiol groups is 1. The number of hydrogen-bond acceptors (Lipinski definition) is 2. The zero-order valence-electron chi connectivity index (χ0n) is 6.88. The molecule has 0 radical (unpaired) electrons. The average molecular weight is 159 g/mol. The van der Waals surface area contributed by atoms with Crippen molar-refractivity contribution in [3.63, 3.8) is 0 Å². The molecular formula is C8H17NS. The lowest BCUT2D eigenvalue weighted by Gasteiger charge is -2.12. The smallest absolute Gasteiger partial charge is 0.00701 e. The van der Waals surface area contributed by atoms with E-state index in [0.29, 0.717) is 0 Å². The molecule has 0 saturated carbocycles. The molecule has 0 aromatic rings. The van der Waals surface area contributed by atoms with Gasteiger partial charge >= 0.3 is 0 Å². The highest BCUT2D eigenvalue weighted by Gasteiger charge is 2.24. The highest BCUT2D eigenvalue weighted by molar-refractivity contribution is 7.80. The third kappa shape index (κ3) is 1.89. The molecule has 2 heteroatoms. The molecule has 1 nitrogen and oxygen atoms in total. The fourth-order valence-electron chi connectivity index (χ4n) is 1.57. The van der Waals surface area contributed by atoms with Crippen molar-refractivity contribution in [1.82, 2.24) is 4.90 Å². The van der Waals surface area contributed by atoms with E-state index in [4.69, 9.17) is 0 Å². The number of rotatable bonds is 2. The Bertz CT molecular complexity index is 95.4. The molecule has 60 valence electrons. The summed E-state index contributed by atoms with van der Waals surface area (Å²) in [5.74, 6) is 2.78. The third-order valence-corrected chi connectivity index (χ3v) is 2.68. The standard InChI is InChI=1S/C8H17NS/c1-7-5-9(3-4-10)6-8(7)2/h7-8,10H,3-6H2,1-2H3. The van der Waals surface area contributed by atoms with Crippen molar-refractivity contribution < 1.29 is 0 Å². The normalized spacial score (nSPS) is 35.1. The molecule has 2 unspecified atom stereocenters. The highest BCUT2D eigenvalue weighted by atomic mass is 32.1. The second-order valence-electron chi connectivity index (χ2n) is 3.44. The molecule has 0 aromatic heterocycles. The average Bonchev–Trinajstić information content (AvgIpc) is 2.14. The lowest BCUT2D eigenvalue weighted by molar-refractivity contribution is 0.345. The van der Waals surface area contributed by atoms with Crippen LogP contribution in [0.4, 0.5) is 0 Å². The van der Waals surface area contributed by atoms with Crippen LogP contribution in [0.15, 0.2) is 0 Å². The van der Waals surface area contributed by atoms with Crippen LogP contribution in [0, 0.1) is 11.8 Å².